The van der Waals surface area contributed by atoms with E-state index in [1.54, 1.807) is 42.5 Å². The highest BCUT2D eigenvalue weighted by atomic mass is 35.5. The number of nitrogens with zero attached hydrogens (tertiary/aromatic N) is 1. The van der Waals surface area contributed by atoms with Gasteiger partial charge in [-0.05, 0) is 54.4 Å². The Bertz CT molecular complexity index is 933. The van der Waals surface area contributed by atoms with Crippen molar-refractivity contribution in [1.82, 2.24) is 10.7 Å². The Balaban J connectivity index is 1.78. The largest absolute Gasteiger partial charge is 0.484 e. The van der Waals surface area contributed by atoms with Crippen molar-refractivity contribution in [3.8, 4) is 5.75 Å². The monoisotopic (exact) mass is 450 g/mol. The number of amides is 3. The van der Waals surface area contributed by atoms with Crippen molar-refractivity contribution >= 4 is 52.8 Å². The molecule has 0 saturated heterocycles. The Kier molecular flexibility index (Phi) is 9.11. The molecule has 0 unspecified atom stereocenters. The van der Waals surface area contributed by atoms with Crippen LogP contribution in [0.3, 0.4) is 0 Å². The van der Waals surface area contributed by atoms with Crippen LogP contribution in [0.4, 0.5) is 5.69 Å². The fraction of sp³-hybridized carbons (Fsp3) is 0.200. The molecule has 2 rings (SSSR count). The minimum absolute atomic E-state index is 0.198. The summed E-state index contributed by atoms with van der Waals surface area (Å²) in [6.07, 6.45) is 2.11. The zero-order valence-electron chi connectivity index (χ0n) is 16.1. The maximum absolute atomic E-state index is 12.0. The van der Waals surface area contributed by atoms with Crippen molar-refractivity contribution in [2.45, 2.75) is 13.3 Å². The number of hydrogen-bond acceptors (Lipinski definition) is 5. The third-order valence-electron chi connectivity index (χ3n) is 3.57. The Hall–Kier alpha value is -3.10. The van der Waals surface area contributed by atoms with Crippen LogP contribution in [0.15, 0.2) is 47.6 Å². The van der Waals surface area contributed by atoms with E-state index in [0.29, 0.717) is 33.6 Å². The molecule has 30 heavy (non-hydrogen) atoms. The fourth-order valence-corrected chi connectivity index (χ4v) is 2.40. The average molecular weight is 451 g/mol. The number of benzene rings is 2. The second-order valence-electron chi connectivity index (χ2n) is 5.99. The van der Waals surface area contributed by atoms with E-state index in [0.717, 1.165) is 6.42 Å². The molecule has 0 aliphatic carbocycles. The smallest absolute Gasteiger partial charge is 0.329 e. The van der Waals surface area contributed by atoms with E-state index in [-0.39, 0.29) is 12.5 Å². The number of carbonyl (C=O) groups excluding carboxylic acids is 3. The van der Waals surface area contributed by atoms with Gasteiger partial charge in [0.2, 0.25) is 0 Å². The van der Waals surface area contributed by atoms with E-state index in [4.69, 9.17) is 27.9 Å². The molecule has 158 valence electrons. The average Bonchev–Trinajstić information content (AvgIpc) is 2.74. The number of carbonyl (C=O) groups is 3. The lowest BCUT2D eigenvalue weighted by atomic mass is 10.2. The van der Waals surface area contributed by atoms with E-state index in [9.17, 15) is 14.4 Å². The normalized spacial score (nSPS) is 10.5. The summed E-state index contributed by atoms with van der Waals surface area (Å²) in [7, 11) is 0. The molecule has 2 aromatic carbocycles. The molecular weight excluding hydrogens is 431 g/mol. The summed E-state index contributed by atoms with van der Waals surface area (Å²) in [5.41, 5.74) is 3.31. The molecule has 0 radical (unpaired) electrons. The molecule has 3 amide bonds. The lowest BCUT2D eigenvalue weighted by Gasteiger charge is -2.08. The minimum Gasteiger partial charge on any atom is -0.484 e. The van der Waals surface area contributed by atoms with Crippen molar-refractivity contribution in [2.24, 2.45) is 5.10 Å². The van der Waals surface area contributed by atoms with Crippen molar-refractivity contribution < 1.29 is 19.1 Å². The van der Waals surface area contributed by atoms with Gasteiger partial charge in [-0.1, -0.05) is 30.1 Å². The van der Waals surface area contributed by atoms with E-state index in [1.165, 1.54) is 6.21 Å². The zero-order chi connectivity index (χ0) is 21.9. The van der Waals surface area contributed by atoms with Crippen LogP contribution in [-0.4, -0.2) is 37.1 Å². The molecule has 3 N–H and O–H groups in total. The molecule has 0 saturated carbocycles. The minimum atomic E-state index is -0.840. The van der Waals surface area contributed by atoms with Gasteiger partial charge in [-0.25, -0.2) is 5.43 Å². The summed E-state index contributed by atoms with van der Waals surface area (Å²) in [6.45, 7) is 2.10. The Morgan fingerprint density at radius 2 is 1.77 bits per heavy atom. The third-order valence-corrected chi connectivity index (χ3v) is 4.31. The fourth-order valence-electron chi connectivity index (χ4n) is 2.10. The number of hydrogen-bond donors (Lipinski definition) is 3. The molecule has 0 aromatic heterocycles. The van der Waals surface area contributed by atoms with Gasteiger partial charge in [0.1, 0.15) is 5.75 Å². The molecule has 8 nitrogen and oxygen atoms in total. The molecule has 0 heterocycles. The molecule has 0 aliphatic rings. The predicted molar refractivity (Wildman–Crippen MR) is 116 cm³/mol. The first-order valence-corrected chi connectivity index (χ1v) is 9.73. The molecule has 0 fully saturated rings. The van der Waals surface area contributed by atoms with Crippen LogP contribution in [-0.2, 0) is 14.4 Å². The van der Waals surface area contributed by atoms with Gasteiger partial charge in [-0.15, -0.1) is 0 Å². The van der Waals surface area contributed by atoms with Crippen LogP contribution >= 0.6 is 23.2 Å². The van der Waals surface area contributed by atoms with Crippen LogP contribution in [0.25, 0.3) is 0 Å². The highest BCUT2D eigenvalue weighted by Crippen LogP contribution is 2.25. The maximum atomic E-state index is 12.0. The molecule has 0 aliphatic heterocycles. The van der Waals surface area contributed by atoms with Crippen molar-refractivity contribution in [2.75, 3.05) is 18.5 Å². The van der Waals surface area contributed by atoms with Gasteiger partial charge in [0.05, 0.1) is 16.3 Å². The van der Waals surface area contributed by atoms with Gasteiger partial charge in [0.15, 0.2) is 6.61 Å². The Morgan fingerprint density at radius 1 is 1.03 bits per heavy atom. The van der Waals surface area contributed by atoms with Gasteiger partial charge in [0.25, 0.3) is 5.91 Å². The summed E-state index contributed by atoms with van der Waals surface area (Å²) < 4.78 is 5.42. The standard InChI is InChI=1S/C20H20Cl2N4O4/c1-2-9-23-19(28)20(29)26-24-11-13-3-6-15(7-4-13)30-12-18(27)25-14-5-8-16(21)17(22)10-14/h3-8,10-11H,2,9,12H2,1H3,(H,23,28)(H,25,27)(H,26,29)/b24-11-. The summed E-state index contributed by atoms with van der Waals surface area (Å²) in [5.74, 6) is -1.47. The number of hydrazone groups is 1. The predicted octanol–water partition coefficient (Wildman–Crippen LogP) is 2.99. The van der Waals surface area contributed by atoms with E-state index in [2.05, 4.69) is 21.2 Å². The SMILES string of the molecule is CCCNC(=O)C(=O)N/N=C\c1ccc(OCC(=O)Nc2ccc(Cl)c(Cl)c2)cc1. The number of nitrogens with one attached hydrogen (secondary N) is 3. The van der Waals surface area contributed by atoms with E-state index >= 15 is 0 Å². The quantitative estimate of drug-likeness (QED) is 0.326. The highest BCUT2D eigenvalue weighted by Gasteiger charge is 2.10. The Labute approximate surface area is 183 Å². The van der Waals surface area contributed by atoms with E-state index in [1.807, 2.05) is 6.92 Å². The first-order chi connectivity index (χ1) is 14.4. The number of halogens is 2. The van der Waals surface area contributed by atoms with Crippen LogP contribution in [0.5, 0.6) is 5.75 Å². The molecule has 0 spiro atoms. The lowest BCUT2D eigenvalue weighted by molar-refractivity contribution is -0.139. The second-order valence-corrected chi connectivity index (χ2v) is 6.80. The molecule has 10 heteroatoms. The van der Waals surface area contributed by atoms with Gasteiger partial charge >= 0.3 is 11.8 Å². The first-order valence-electron chi connectivity index (χ1n) is 8.98. The summed E-state index contributed by atoms with van der Waals surface area (Å²) >= 11 is 11.7. The number of anilines is 1. The second kappa shape index (κ2) is 11.8. The highest BCUT2D eigenvalue weighted by molar-refractivity contribution is 6.42. The Morgan fingerprint density at radius 3 is 2.43 bits per heavy atom. The summed E-state index contributed by atoms with van der Waals surface area (Å²) in [6, 6.07) is 11.4. The van der Waals surface area contributed by atoms with Gasteiger partial charge < -0.3 is 15.4 Å². The molecule has 2 aromatic rings. The van der Waals surface area contributed by atoms with Gasteiger partial charge in [-0.2, -0.15) is 5.10 Å². The van der Waals surface area contributed by atoms with Crippen LogP contribution in [0.1, 0.15) is 18.9 Å². The summed E-state index contributed by atoms with van der Waals surface area (Å²) in [4.78, 5) is 34.9. The van der Waals surface area contributed by atoms with Crippen LogP contribution in [0, 0.1) is 0 Å². The molecular formula is C20H20Cl2N4O4. The zero-order valence-corrected chi connectivity index (χ0v) is 17.6. The van der Waals surface area contributed by atoms with E-state index < -0.39 is 11.8 Å². The number of ether oxygens (including phenoxy) is 1. The first kappa shape index (κ1) is 23.2. The van der Waals surface area contributed by atoms with Crippen molar-refractivity contribution in [3.63, 3.8) is 0 Å². The lowest BCUT2D eigenvalue weighted by Crippen LogP contribution is -2.38. The van der Waals surface area contributed by atoms with Crippen LogP contribution < -0.4 is 20.8 Å². The molecule has 0 atom stereocenters. The summed E-state index contributed by atoms with van der Waals surface area (Å²) in [5, 5.41) is 9.56. The third kappa shape index (κ3) is 7.73. The number of rotatable bonds is 8. The topological polar surface area (TPSA) is 109 Å². The van der Waals surface area contributed by atoms with Crippen molar-refractivity contribution in [1.29, 1.82) is 0 Å². The van der Waals surface area contributed by atoms with Crippen molar-refractivity contribution in [3.05, 3.63) is 58.1 Å². The van der Waals surface area contributed by atoms with Gasteiger partial charge in [0, 0.05) is 12.2 Å². The van der Waals surface area contributed by atoms with Crippen LogP contribution in [0.2, 0.25) is 10.0 Å². The van der Waals surface area contributed by atoms with Gasteiger partial charge in [-0.3, -0.25) is 14.4 Å². The molecule has 0 bridgehead atoms. The maximum Gasteiger partial charge on any atom is 0.329 e.